The van der Waals surface area contributed by atoms with Gasteiger partial charge in [0, 0.05) is 18.8 Å². The molecule has 1 heterocycles. The van der Waals surface area contributed by atoms with Gasteiger partial charge in [-0.05, 0) is 73.0 Å². The summed E-state index contributed by atoms with van der Waals surface area (Å²) in [6, 6.07) is 7.83. The summed E-state index contributed by atoms with van der Waals surface area (Å²) in [6.07, 6.45) is 7.38. The molecule has 162 valence electrons. The van der Waals surface area contributed by atoms with Crippen molar-refractivity contribution in [3.63, 3.8) is 0 Å². The maximum absolute atomic E-state index is 13.4. The minimum absolute atomic E-state index is 0.144. The fourth-order valence-corrected chi connectivity index (χ4v) is 7.77. The number of anilines is 1. The van der Waals surface area contributed by atoms with Crippen LogP contribution in [0.1, 0.15) is 57.9 Å². The third-order valence-corrected chi connectivity index (χ3v) is 8.04. The summed E-state index contributed by atoms with van der Waals surface area (Å²) in [6.45, 7) is 7.40. The van der Waals surface area contributed by atoms with Crippen molar-refractivity contribution >= 4 is 17.5 Å². The van der Waals surface area contributed by atoms with Crippen LogP contribution in [0.2, 0.25) is 0 Å². The predicted octanol–water partition coefficient (Wildman–Crippen LogP) is 4.02. The quantitative estimate of drug-likeness (QED) is 0.816. The first-order valence-electron chi connectivity index (χ1n) is 11.5. The standard InChI is InChI=1S/C25H34N2O3/c1-23-12-19-13-24(2,15-23)17-25(14-19,16-23)22(29)26-20-5-3-18(4-6-20)11-21(28)27-7-9-30-10-8-27/h3-6,19H,7-17H2,1-2H3,(H,26,29). The highest BCUT2D eigenvalue weighted by Crippen LogP contribution is 2.69. The molecule has 4 bridgehead atoms. The molecule has 5 aliphatic rings. The molecule has 0 radical (unpaired) electrons. The van der Waals surface area contributed by atoms with Crippen molar-refractivity contribution in [3.8, 4) is 0 Å². The molecule has 1 aromatic rings. The van der Waals surface area contributed by atoms with Crippen molar-refractivity contribution in [1.29, 1.82) is 0 Å². The summed E-state index contributed by atoms with van der Waals surface area (Å²) in [4.78, 5) is 27.8. The van der Waals surface area contributed by atoms with Gasteiger partial charge in [-0.3, -0.25) is 9.59 Å². The Balaban J connectivity index is 1.24. The van der Waals surface area contributed by atoms with Gasteiger partial charge in [-0.25, -0.2) is 0 Å². The third kappa shape index (κ3) is 3.66. The first kappa shape index (κ1) is 20.0. The van der Waals surface area contributed by atoms with E-state index in [1.807, 2.05) is 29.2 Å². The molecule has 1 aliphatic heterocycles. The Hall–Kier alpha value is -1.88. The van der Waals surface area contributed by atoms with Crippen LogP contribution in [0.25, 0.3) is 0 Å². The van der Waals surface area contributed by atoms with E-state index in [1.54, 1.807) is 0 Å². The Morgan fingerprint density at radius 3 is 2.23 bits per heavy atom. The zero-order chi connectivity index (χ0) is 21.0. The number of carbonyl (C=O) groups is 2. The summed E-state index contributed by atoms with van der Waals surface area (Å²) >= 11 is 0. The summed E-state index contributed by atoms with van der Waals surface area (Å²) in [5.41, 5.74) is 2.28. The van der Waals surface area contributed by atoms with E-state index in [9.17, 15) is 9.59 Å². The molecule has 5 fully saturated rings. The summed E-state index contributed by atoms with van der Waals surface area (Å²) in [5, 5.41) is 3.23. The number of nitrogens with one attached hydrogen (secondary N) is 1. The lowest BCUT2D eigenvalue weighted by Gasteiger charge is -2.64. The second-order valence-electron chi connectivity index (χ2n) is 11.2. The van der Waals surface area contributed by atoms with Gasteiger partial charge < -0.3 is 15.0 Å². The van der Waals surface area contributed by atoms with Crippen LogP contribution in [0.4, 0.5) is 5.69 Å². The van der Waals surface area contributed by atoms with Crippen LogP contribution >= 0.6 is 0 Å². The topological polar surface area (TPSA) is 58.6 Å². The van der Waals surface area contributed by atoms with E-state index in [0.29, 0.717) is 49.5 Å². The first-order chi connectivity index (χ1) is 14.3. The number of morpholine rings is 1. The molecule has 5 nitrogen and oxygen atoms in total. The molecule has 1 saturated heterocycles. The van der Waals surface area contributed by atoms with Gasteiger partial charge in [0.1, 0.15) is 0 Å². The van der Waals surface area contributed by atoms with Gasteiger partial charge in [-0.15, -0.1) is 0 Å². The summed E-state index contributed by atoms with van der Waals surface area (Å²) in [5.74, 6) is 1.06. The average molecular weight is 411 g/mol. The minimum atomic E-state index is -0.201. The van der Waals surface area contributed by atoms with E-state index >= 15 is 0 Å². The number of benzene rings is 1. The largest absolute Gasteiger partial charge is 0.378 e. The van der Waals surface area contributed by atoms with Crippen molar-refractivity contribution in [3.05, 3.63) is 29.8 Å². The Morgan fingerprint density at radius 1 is 1.00 bits per heavy atom. The van der Waals surface area contributed by atoms with Crippen molar-refractivity contribution in [2.24, 2.45) is 22.2 Å². The SMILES string of the molecule is CC12CC3CC(C)(C1)CC(C(=O)Nc1ccc(CC(=O)N4CCOCC4)cc1)(C3)C2. The number of hydrogen-bond donors (Lipinski definition) is 1. The molecule has 5 heteroatoms. The maximum Gasteiger partial charge on any atom is 0.230 e. The Bertz CT molecular complexity index is 824. The highest BCUT2D eigenvalue weighted by atomic mass is 16.5. The maximum atomic E-state index is 13.4. The molecule has 1 aromatic carbocycles. The number of carbonyl (C=O) groups excluding carboxylic acids is 2. The second kappa shape index (κ2) is 7.08. The van der Waals surface area contributed by atoms with E-state index in [0.717, 1.165) is 30.5 Å². The van der Waals surface area contributed by atoms with Gasteiger partial charge in [0.15, 0.2) is 0 Å². The molecule has 0 aromatic heterocycles. The molecular weight excluding hydrogens is 376 g/mol. The molecule has 2 atom stereocenters. The Morgan fingerprint density at radius 2 is 1.63 bits per heavy atom. The van der Waals surface area contributed by atoms with E-state index in [-0.39, 0.29) is 17.2 Å². The van der Waals surface area contributed by atoms with Gasteiger partial charge in [-0.2, -0.15) is 0 Å². The van der Waals surface area contributed by atoms with Gasteiger partial charge in [-0.1, -0.05) is 26.0 Å². The molecule has 6 rings (SSSR count). The molecule has 2 amide bonds. The van der Waals surface area contributed by atoms with Crippen LogP contribution in [-0.2, 0) is 20.7 Å². The molecule has 30 heavy (non-hydrogen) atoms. The molecular formula is C25H34N2O3. The highest BCUT2D eigenvalue weighted by Gasteiger charge is 2.62. The van der Waals surface area contributed by atoms with Gasteiger partial charge in [0.25, 0.3) is 0 Å². The average Bonchev–Trinajstić information content (AvgIpc) is 2.67. The number of nitrogens with zero attached hydrogens (tertiary/aromatic N) is 1. The molecule has 4 aliphatic carbocycles. The lowest BCUT2D eigenvalue weighted by Crippen LogP contribution is -2.58. The third-order valence-electron chi connectivity index (χ3n) is 8.04. The second-order valence-corrected chi connectivity index (χ2v) is 11.2. The molecule has 2 unspecified atom stereocenters. The molecule has 1 N–H and O–H groups in total. The Labute approximate surface area is 179 Å². The molecule has 4 saturated carbocycles. The van der Waals surface area contributed by atoms with Crippen molar-refractivity contribution in [2.45, 2.75) is 58.8 Å². The zero-order valence-electron chi connectivity index (χ0n) is 18.3. The first-order valence-corrected chi connectivity index (χ1v) is 11.5. The van der Waals surface area contributed by atoms with Gasteiger partial charge in [0.05, 0.1) is 25.0 Å². The van der Waals surface area contributed by atoms with Crippen LogP contribution in [0.3, 0.4) is 0 Å². The molecule has 0 spiro atoms. The number of hydrogen-bond acceptors (Lipinski definition) is 3. The monoisotopic (exact) mass is 410 g/mol. The van der Waals surface area contributed by atoms with Crippen LogP contribution in [0.5, 0.6) is 0 Å². The zero-order valence-corrected chi connectivity index (χ0v) is 18.3. The van der Waals surface area contributed by atoms with Crippen LogP contribution < -0.4 is 5.32 Å². The van der Waals surface area contributed by atoms with Crippen LogP contribution in [0.15, 0.2) is 24.3 Å². The lowest BCUT2D eigenvalue weighted by atomic mass is 9.40. The van der Waals surface area contributed by atoms with Gasteiger partial charge in [0.2, 0.25) is 11.8 Å². The van der Waals surface area contributed by atoms with E-state index < -0.39 is 0 Å². The number of amides is 2. The van der Waals surface area contributed by atoms with Crippen LogP contribution in [0, 0.1) is 22.2 Å². The number of rotatable bonds is 4. The summed E-state index contributed by atoms with van der Waals surface area (Å²) < 4.78 is 5.32. The van der Waals surface area contributed by atoms with Crippen LogP contribution in [-0.4, -0.2) is 43.0 Å². The predicted molar refractivity (Wildman–Crippen MR) is 116 cm³/mol. The Kier molecular flexibility index (Phi) is 4.73. The fraction of sp³-hybridized carbons (Fsp3) is 0.680. The smallest absolute Gasteiger partial charge is 0.230 e. The van der Waals surface area contributed by atoms with E-state index in [1.165, 1.54) is 19.3 Å². The normalized spacial score (nSPS) is 37.3. The minimum Gasteiger partial charge on any atom is -0.378 e. The van der Waals surface area contributed by atoms with E-state index in [4.69, 9.17) is 4.74 Å². The van der Waals surface area contributed by atoms with Gasteiger partial charge >= 0.3 is 0 Å². The van der Waals surface area contributed by atoms with Crippen molar-refractivity contribution in [2.75, 3.05) is 31.6 Å². The number of ether oxygens (including phenoxy) is 1. The highest BCUT2D eigenvalue weighted by molar-refractivity contribution is 5.95. The fourth-order valence-electron chi connectivity index (χ4n) is 7.77. The van der Waals surface area contributed by atoms with Crippen molar-refractivity contribution in [1.82, 2.24) is 4.90 Å². The van der Waals surface area contributed by atoms with Crippen molar-refractivity contribution < 1.29 is 14.3 Å². The van der Waals surface area contributed by atoms with E-state index in [2.05, 4.69) is 19.2 Å². The summed E-state index contributed by atoms with van der Waals surface area (Å²) in [7, 11) is 0. The lowest BCUT2D eigenvalue weighted by molar-refractivity contribution is -0.165.